The highest BCUT2D eigenvalue weighted by molar-refractivity contribution is 6.10. The third-order valence-electron chi connectivity index (χ3n) is 5.72. The molecule has 0 fully saturated rings. The third kappa shape index (κ3) is 4.15. The van der Waals surface area contributed by atoms with Crippen LogP contribution in [0.2, 0.25) is 0 Å². The van der Waals surface area contributed by atoms with E-state index in [0.29, 0.717) is 11.5 Å². The molecule has 0 bridgehead atoms. The smallest absolute Gasteiger partial charge is 0.255 e. The molecule has 6 heteroatoms. The van der Waals surface area contributed by atoms with E-state index >= 15 is 0 Å². The van der Waals surface area contributed by atoms with Crippen molar-refractivity contribution in [2.24, 2.45) is 0 Å². The Bertz CT molecular complexity index is 1480. The van der Waals surface area contributed by atoms with Crippen molar-refractivity contribution in [1.29, 1.82) is 0 Å². The number of anilines is 3. The number of aromatic amines is 1. The Kier molecular flexibility index (Phi) is 5.26. The van der Waals surface area contributed by atoms with Gasteiger partial charge in [-0.3, -0.25) is 4.79 Å². The van der Waals surface area contributed by atoms with Crippen LogP contribution in [0.1, 0.15) is 34.2 Å². The van der Waals surface area contributed by atoms with Crippen LogP contribution >= 0.6 is 0 Å². The van der Waals surface area contributed by atoms with Crippen LogP contribution in [0.15, 0.2) is 66.7 Å². The normalized spacial score (nSPS) is 11.1. The summed E-state index contributed by atoms with van der Waals surface area (Å²) in [5, 5.41) is 8.56. The van der Waals surface area contributed by atoms with Gasteiger partial charge in [-0.05, 0) is 62.2 Å². The first-order valence-corrected chi connectivity index (χ1v) is 11.0. The molecule has 5 aromatic rings. The number of amides is 1. The van der Waals surface area contributed by atoms with Gasteiger partial charge in [0, 0.05) is 50.1 Å². The highest BCUT2D eigenvalue weighted by atomic mass is 16.1. The molecule has 0 radical (unpaired) electrons. The van der Waals surface area contributed by atoms with Gasteiger partial charge in [-0.25, -0.2) is 9.97 Å². The van der Waals surface area contributed by atoms with Gasteiger partial charge < -0.3 is 15.6 Å². The van der Waals surface area contributed by atoms with E-state index in [4.69, 9.17) is 0 Å². The lowest BCUT2D eigenvalue weighted by Gasteiger charge is -2.09. The minimum absolute atomic E-state index is 0.176. The maximum Gasteiger partial charge on any atom is 0.255 e. The molecular weight excluding hydrogens is 410 g/mol. The van der Waals surface area contributed by atoms with Crippen LogP contribution in [-0.2, 0) is 6.42 Å². The predicted molar refractivity (Wildman–Crippen MR) is 134 cm³/mol. The second kappa shape index (κ2) is 8.39. The van der Waals surface area contributed by atoms with E-state index in [2.05, 4.69) is 56.8 Å². The number of nitrogens with one attached hydrogen (secondary N) is 3. The molecule has 2 heterocycles. The number of hydrogen-bond acceptors (Lipinski definition) is 4. The standard InChI is InChI=1S/C27H25N5O/c1-4-18-7-6-10-23-22-12-11-21(15-24(22)32-25(18)23)30-26(33)19-8-5-9-20(14-19)31-27-28-16(2)13-17(3)29-27/h5-15,32H,4H2,1-3H3,(H,30,33)(H,28,29,31). The fourth-order valence-corrected chi connectivity index (χ4v) is 4.21. The molecule has 0 saturated heterocycles. The first-order chi connectivity index (χ1) is 16.0. The molecule has 0 aliphatic rings. The Morgan fingerprint density at radius 3 is 2.45 bits per heavy atom. The summed E-state index contributed by atoms with van der Waals surface area (Å²) >= 11 is 0. The molecule has 6 nitrogen and oxygen atoms in total. The summed E-state index contributed by atoms with van der Waals surface area (Å²) in [6, 6.07) is 21.6. The topological polar surface area (TPSA) is 82.7 Å². The van der Waals surface area contributed by atoms with Crippen molar-refractivity contribution in [2.45, 2.75) is 27.2 Å². The van der Waals surface area contributed by atoms with Gasteiger partial charge in [0.15, 0.2) is 0 Å². The van der Waals surface area contributed by atoms with E-state index in [0.717, 1.165) is 45.6 Å². The molecular formula is C27H25N5O. The van der Waals surface area contributed by atoms with Crippen molar-refractivity contribution in [3.05, 3.63) is 89.2 Å². The molecule has 33 heavy (non-hydrogen) atoms. The highest BCUT2D eigenvalue weighted by Crippen LogP contribution is 2.30. The van der Waals surface area contributed by atoms with Gasteiger partial charge >= 0.3 is 0 Å². The van der Waals surface area contributed by atoms with Crippen LogP contribution in [0.4, 0.5) is 17.3 Å². The Morgan fingerprint density at radius 2 is 1.67 bits per heavy atom. The number of benzene rings is 3. The number of hydrogen-bond donors (Lipinski definition) is 3. The van der Waals surface area contributed by atoms with Crippen molar-refractivity contribution in [1.82, 2.24) is 15.0 Å². The summed E-state index contributed by atoms with van der Waals surface area (Å²) in [6.45, 7) is 6.01. The first kappa shape index (κ1) is 20.7. The van der Waals surface area contributed by atoms with Crippen molar-refractivity contribution in [3.63, 3.8) is 0 Å². The van der Waals surface area contributed by atoms with Crippen LogP contribution in [0.5, 0.6) is 0 Å². The molecule has 164 valence electrons. The summed E-state index contributed by atoms with van der Waals surface area (Å²) < 4.78 is 0. The van der Waals surface area contributed by atoms with E-state index < -0.39 is 0 Å². The average molecular weight is 436 g/mol. The van der Waals surface area contributed by atoms with Gasteiger partial charge in [0.05, 0.1) is 0 Å². The molecule has 0 aliphatic heterocycles. The largest absolute Gasteiger partial charge is 0.354 e. The number of rotatable bonds is 5. The Hall–Kier alpha value is -4.19. The van der Waals surface area contributed by atoms with Gasteiger partial charge in [0.25, 0.3) is 5.91 Å². The number of aryl methyl sites for hydroxylation is 3. The molecule has 1 amide bonds. The minimum Gasteiger partial charge on any atom is -0.354 e. The molecule has 2 aromatic heterocycles. The Balaban J connectivity index is 1.39. The zero-order valence-corrected chi connectivity index (χ0v) is 18.9. The van der Waals surface area contributed by atoms with E-state index in [1.54, 1.807) is 12.1 Å². The second-order valence-electron chi connectivity index (χ2n) is 8.21. The van der Waals surface area contributed by atoms with Gasteiger partial charge in [-0.2, -0.15) is 0 Å². The molecule has 0 unspecified atom stereocenters. The Morgan fingerprint density at radius 1 is 0.879 bits per heavy atom. The van der Waals surface area contributed by atoms with Gasteiger partial charge in [-0.15, -0.1) is 0 Å². The maximum absolute atomic E-state index is 13.0. The third-order valence-corrected chi connectivity index (χ3v) is 5.72. The van der Waals surface area contributed by atoms with Crippen molar-refractivity contribution in [2.75, 3.05) is 10.6 Å². The van der Waals surface area contributed by atoms with Gasteiger partial charge in [0.2, 0.25) is 5.95 Å². The Labute approximate surface area is 192 Å². The van der Waals surface area contributed by atoms with Crippen LogP contribution in [0.25, 0.3) is 21.8 Å². The van der Waals surface area contributed by atoms with Crippen LogP contribution in [0.3, 0.4) is 0 Å². The number of H-pyrrole nitrogens is 1. The lowest BCUT2D eigenvalue weighted by Crippen LogP contribution is -2.12. The minimum atomic E-state index is -0.176. The molecule has 0 spiro atoms. The van der Waals surface area contributed by atoms with Crippen LogP contribution in [-0.4, -0.2) is 20.9 Å². The monoisotopic (exact) mass is 435 g/mol. The van der Waals surface area contributed by atoms with Crippen LogP contribution in [0, 0.1) is 13.8 Å². The van der Waals surface area contributed by atoms with E-state index in [1.165, 1.54) is 10.9 Å². The predicted octanol–water partition coefficient (Wildman–Crippen LogP) is 6.29. The van der Waals surface area contributed by atoms with Crippen molar-refractivity contribution in [3.8, 4) is 0 Å². The van der Waals surface area contributed by atoms with E-state index in [1.807, 2.05) is 44.2 Å². The number of para-hydroxylation sites is 1. The lowest BCUT2D eigenvalue weighted by molar-refractivity contribution is 0.102. The molecule has 0 saturated carbocycles. The van der Waals surface area contributed by atoms with E-state index in [9.17, 15) is 4.79 Å². The zero-order valence-electron chi connectivity index (χ0n) is 18.9. The highest BCUT2D eigenvalue weighted by Gasteiger charge is 2.11. The summed E-state index contributed by atoms with van der Waals surface area (Å²) in [5.41, 5.74) is 7.27. The number of nitrogens with zero attached hydrogens (tertiary/aromatic N) is 2. The maximum atomic E-state index is 13.0. The summed E-state index contributed by atoms with van der Waals surface area (Å²) in [5.74, 6) is 0.338. The molecule has 3 aromatic carbocycles. The fourth-order valence-electron chi connectivity index (χ4n) is 4.21. The number of carbonyl (C=O) groups is 1. The molecule has 0 atom stereocenters. The van der Waals surface area contributed by atoms with Crippen LogP contribution < -0.4 is 10.6 Å². The molecule has 3 N–H and O–H groups in total. The molecule has 0 aliphatic carbocycles. The second-order valence-corrected chi connectivity index (χ2v) is 8.21. The SMILES string of the molecule is CCc1cccc2c1[nH]c1cc(NC(=O)c3cccc(Nc4nc(C)cc(C)n4)c3)ccc12. The summed E-state index contributed by atoms with van der Waals surface area (Å²) in [7, 11) is 0. The van der Waals surface area contributed by atoms with E-state index in [-0.39, 0.29) is 5.91 Å². The number of fused-ring (bicyclic) bond motifs is 3. The molecule has 5 rings (SSSR count). The summed E-state index contributed by atoms with van der Waals surface area (Å²) in [4.78, 5) is 25.3. The van der Waals surface area contributed by atoms with Gasteiger partial charge in [0.1, 0.15) is 0 Å². The zero-order chi connectivity index (χ0) is 22.9. The lowest BCUT2D eigenvalue weighted by atomic mass is 10.1. The number of aromatic nitrogens is 3. The van der Waals surface area contributed by atoms with Gasteiger partial charge in [-0.1, -0.05) is 37.3 Å². The number of carbonyl (C=O) groups excluding carboxylic acids is 1. The first-order valence-electron chi connectivity index (χ1n) is 11.0. The van der Waals surface area contributed by atoms with Crippen molar-refractivity contribution < 1.29 is 4.79 Å². The average Bonchev–Trinajstić information content (AvgIpc) is 3.16. The quantitative estimate of drug-likeness (QED) is 0.303. The van der Waals surface area contributed by atoms with Crippen molar-refractivity contribution >= 4 is 45.0 Å². The summed E-state index contributed by atoms with van der Waals surface area (Å²) in [6.07, 6.45) is 0.964. The fraction of sp³-hybridized carbons (Fsp3) is 0.148.